The average molecular weight is 290 g/mol. The maximum atomic E-state index is 12.2. The Balaban J connectivity index is 2.79. The zero-order valence-corrected chi connectivity index (χ0v) is 13.5. The molecular weight excluding hydrogens is 264 g/mol. The number of esters is 1. The van der Waals surface area contributed by atoms with Gasteiger partial charge in [-0.3, -0.25) is 0 Å². The van der Waals surface area contributed by atoms with Crippen molar-refractivity contribution >= 4 is 12.0 Å². The zero-order chi connectivity index (χ0) is 15.7. The molecule has 3 heteroatoms. The van der Waals surface area contributed by atoms with Crippen molar-refractivity contribution in [2.24, 2.45) is 0 Å². The van der Waals surface area contributed by atoms with Gasteiger partial charge < -0.3 is 9.47 Å². The number of rotatable bonds is 7. The van der Waals surface area contributed by atoms with Gasteiger partial charge in [0.05, 0.1) is 24.4 Å². The third kappa shape index (κ3) is 7.66. The Morgan fingerprint density at radius 2 is 1.86 bits per heavy atom. The van der Waals surface area contributed by atoms with Crippen LogP contribution in [-0.2, 0) is 14.3 Å². The summed E-state index contributed by atoms with van der Waals surface area (Å²) in [6.45, 7) is 8.68. The van der Waals surface area contributed by atoms with E-state index in [9.17, 15) is 4.79 Å². The Hall–Kier alpha value is -1.61. The highest BCUT2D eigenvalue weighted by atomic mass is 16.5. The van der Waals surface area contributed by atoms with Gasteiger partial charge in [-0.2, -0.15) is 0 Å². The Morgan fingerprint density at radius 1 is 1.19 bits per heavy atom. The smallest absolute Gasteiger partial charge is 0.336 e. The molecule has 0 saturated carbocycles. The van der Waals surface area contributed by atoms with Crippen molar-refractivity contribution in [2.75, 3.05) is 13.2 Å². The van der Waals surface area contributed by atoms with Crippen molar-refractivity contribution in [3.8, 4) is 0 Å². The van der Waals surface area contributed by atoms with Crippen LogP contribution in [0.15, 0.2) is 35.9 Å². The van der Waals surface area contributed by atoms with Crippen LogP contribution in [-0.4, -0.2) is 24.8 Å². The fourth-order valence-corrected chi connectivity index (χ4v) is 1.61. The van der Waals surface area contributed by atoms with Crippen LogP contribution in [0.4, 0.5) is 0 Å². The highest BCUT2D eigenvalue weighted by Crippen LogP contribution is 2.14. The van der Waals surface area contributed by atoms with Crippen molar-refractivity contribution in [3.63, 3.8) is 0 Å². The third-order valence-electron chi connectivity index (χ3n) is 2.79. The Morgan fingerprint density at radius 3 is 2.43 bits per heavy atom. The van der Waals surface area contributed by atoms with Crippen LogP contribution >= 0.6 is 0 Å². The Labute approximate surface area is 128 Å². The molecule has 1 aromatic carbocycles. The summed E-state index contributed by atoms with van der Waals surface area (Å²) in [6, 6.07) is 9.74. The largest absolute Gasteiger partial charge is 0.462 e. The lowest BCUT2D eigenvalue weighted by molar-refractivity contribution is -0.140. The van der Waals surface area contributed by atoms with Gasteiger partial charge in [0, 0.05) is 0 Å². The van der Waals surface area contributed by atoms with Gasteiger partial charge in [0.15, 0.2) is 0 Å². The first-order valence-electron chi connectivity index (χ1n) is 7.49. The number of carbonyl (C=O) groups is 1. The SMILES string of the molecule is CCCCOC(=O)C(=Cc1ccccc1)COC(C)(C)C. The van der Waals surface area contributed by atoms with Crippen molar-refractivity contribution in [2.45, 2.75) is 46.1 Å². The van der Waals surface area contributed by atoms with E-state index in [0.29, 0.717) is 12.2 Å². The van der Waals surface area contributed by atoms with Gasteiger partial charge in [0.1, 0.15) is 0 Å². The van der Waals surface area contributed by atoms with Crippen LogP contribution < -0.4 is 0 Å². The molecule has 1 aromatic rings. The predicted molar refractivity (Wildman–Crippen MR) is 86.0 cm³/mol. The van der Waals surface area contributed by atoms with Crippen LogP contribution in [0.3, 0.4) is 0 Å². The fourth-order valence-electron chi connectivity index (χ4n) is 1.61. The van der Waals surface area contributed by atoms with Crippen molar-refractivity contribution in [1.29, 1.82) is 0 Å². The predicted octanol–water partition coefficient (Wildman–Crippen LogP) is 4.23. The van der Waals surface area contributed by atoms with Gasteiger partial charge in [0.25, 0.3) is 0 Å². The first-order valence-corrected chi connectivity index (χ1v) is 7.49. The van der Waals surface area contributed by atoms with Crippen LogP contribution in [0.5, 0.6) is 0 Å². The van der Waals surface area contributed by atoms with E-state index in [0.717, 1.165) is 18.4 Å². The van der Waals surface area contributed by atoms with Crippen molar-refractivity contribution < 1.29 is 14.3 Å². The summed E-state index contributed by atoms with van der Waals surface area (Å²) in [5.74, 6) is -0.295. The average Bonchev–Trinajstić information content (AvgIpc) is 2.43. The van der Waals surface area contributed by atoms with Crippen LogP contribution in [0.2, 0.25) is 0 Å². The molecule has 0 spiro atoms. The molecular formula is C18H26O3. The van der Waals surface area contributed by atoms with E-state index in [4.69, 9.17) is 9.47 Å². The summed E-state index contributed by atoms with van der Waals surface area (Å²) < 4.78 is 11.0. The van der Waals surface area contributed by atoms with Crippen molar-refractivity contribution in [1.82, 2.24) is 0 Å². The van der Waals surface area contributed by atoms with E-state index in [1.165, 1.54) is 0 Å². The monoisotopic (exact) mass is 290 g/mol. The van der Waals surface area contributed by atoms with E-state index >= 15 is 0 Å². The van der Waals surface area contributed by atoms with Gasteiger partial charge >= 0.3 is 5.97 Å². The fraction of sp³-hybridized carbons (Fsp3) is 0.500. The molecule has 0 unspecified atom stereocenters. The summed E-state index contributed by atoms with van der Waals surface area (Å²) in [6.07, 6.45) is 3.72. The van der Waals surface area contributed by atoms with Crippen LogP contribution in [0.25, 0.3) is 6.08 Å². The highest BCUT2D eigenvalue weighted by molar-refractivity contribution is 5.94. The molecule has 0 bridgehead atoms. The molecule has 21 heavy (non-hydrogen) atoms. The molecule has 0 radical (unpaired) electrons. The number of hydrogen-bond donors (Lipinski definition) is 0. The van der Waals surface area contributed by atoms with E-state index in [2.05, 4.69) is 6.92 Å². The Kier molecular flexibility index (Phi) is 7.17. The molecule has 0 saturated heterocycles. The molecule has 0 heterocycles. The van der Waals surface area contributed by atoms with Crippen LogP contribution in [0.1, 0.15) is 46.1 Å². The molecule has 1 rings (SSSR count). The topological polar surface area (TPSA) is 35.5 Å². The molecule has 0 N–H and O–H groups in total. The maximum absolute atomic E-state index is 12.2. The summed E-state index contributed by atoms with van der Waals surface area (Å²) >= 11 is 0. The molecule has 0 aliphatic carbocycles. The number of hydrogen-bond acceptors (Lipinski definition) is 3. The minimum absolute atomic E-state index is 0.253. The lowest BCUT2D eigenvalue weighted by Crippen LogP contribution is -2.23. The second-order valence-electron chi connectivity index (χ2n) is 5.97. The molecule has 0 aliphatic rings. The highest BCUT2D eigenvalue weighted by Gasteiger charge is 2.16. The Bertz CT molecular complexity index is 455. The quantitative estimate of drug-likeness (QED) is 0.428. The zero-order valence-electron chi connectivity index (χ0n) is 13.5. The van der Waals surface area contributed by atoms with Gasteiger partial charge in [-0.05, 0) is 38.8 Å². The molecule has 0 amide bonds. The minimum Gasteiger partial charge on any atom is -0.462 e. The standard InChI is InChI=1S/C18H26O3/c1-5-6-12-20-17(19)16(14-21-18(2,3)4)13-15-10-8-7-9-11-15/h7-11,13H,5-6,12,14H2,1-4H3. The lowest BCUT2D eigenvalue weighted by atomic mass is 10.1. The van der Waals surface area contributed by atoms with Gasteiger partial charge in [-0.25, -0.2) is 4.79 Å². The summed E-state index contributed by atoms with van der Waals surface area (Å²) in [7, 11) is 0. The summed E-state index contributed by atoms with van der Waals surface area (Å²) in [5, 5.41) is 0. The first-order chi connectivity index (χ1) is 9.92. The summed E-state index contributed by atoms with van der Waals surface area (Å²) in [4.78, 5) is 12.2. The van der Waals surface area contributed by atoms with E-state index in [-0.39, 0.29) is 18.2 Å². The first kappa shape index (κ1) is 17.4. The molecule has 0 atom stereocenters. The number of ether oxygens (including phenoxy) is 2. The second-order valence-corrected chi connectivity index (χ2v) is 5.97. The van der Waals surface area contributed by atoms with E-state index in [1.807, 2.05) is 57.2 Å². The van der Waals surface area contributed by atoms with Gasteiger partial charge in [-0.15, -0.1) is 0 Å². The molecule has 116 valence electrons. The summed E-state index contributed by atoms with van der Waals surface area (Å²) in [5.41, 5.74) is 1.23. The van der Waals surface area contributed by atoms with E-state index < -0.39 is 0 Å². The molecule has 0 fully saturated rings. The minimum atomic E-state index is -0.295. The van der Waals surface area contributed by atoms with Gasteiger partial charge in [0.2, 0.25) is 0 Å². The molecule has 3 nitrogen and oxygen atoms in total. The van der Waals surface area contributed by atoms with Crippen molar-refractivity contribution in [3.05, 3.63) is 41.5 Å². The molecule has 0 aromatic heterocycles. The second kappa shape index (κ2) is 8.63. The van der Waals surface area contributed by atoms with E-state index in [1.54, 1.807) is 0 Å². The number of benzene rings is 1. The third-order valence-corrected chi connectivity index (χ3v) is 2.79. The lowest BCUT2D eigenvalue weighted by Gasteiger charge is -2.20. The van der Waals surface area contributed by atoms with Crippen LogP contribution in [0, 0.1) is 0 Å². The maximum Gasteiger partial charge on any atom is 0.336 e. The normalized spacial score (nSPS) is 12.3. The van der Waals surface area contributed by atoms with Gasteiger partial charge in [-0.1, -0.05) is 43.7 Å². The number of carbonyl (C=O) groups excluding carboxylic acids is 1. The molecule has 0 aliphatic heterocycles. The number of unbranched alkanes of at least 4 members (excludes halogenated alkanes) is 1.